The van der Waals surface area contributed by atoms with Crippen molar-refractivity contribution in [3.63, 3.8) is 0 Å². The van der Waals surface area contributed by atoms with Crippen LogP contribution in [0.3, 0.4) is 0 Å². The van der Waals surface area contributed by atoms with Crippen LogP contribution in [-0.2, 0) is 16.2 Å². The minimum absolute atomic E-state index is 0.100. The molecule has 0 radical (unpaired) electrons. The maximum absolute atomic E-state index is 3.83. The lowest BCUT2D eigenvalue weighted by Gasteiger charge is -2.58. The molecular weight excluding hydrogens is 516 g/mol. The SMILES string of the molecule is CCCCCC1(C)CCC(C)(C)c2cc3c(cc21)N(C)C1N3c2cc(Br)ccc2C(C)(CC)C1(C)CC. The molecule has 4 atom stereocenters. The average Bonchev–Trinajstić information content (AvgIpc) is 3.17. The van der Waals surface area contributed by atoms with E-state index in [2.05, 4.69) is 118 Å². The van der Waals surface area contributed by atoms with E-state index in [9.17, 15) is 0 Å². The summed E-state index contributed by atoms with van der Waals surface area (Å²) in [6, 6.07) is 12.3. The van der Waals surface area contributed by atoms with E-state index < -0.39 is 0 Å². The van der Waals surface area contributed by atoms with Crippen LogP contribution >= 0.6 is 15.9 Å². The summed E-state index contributed by atoms with van der Waals surface area (Å²) in [5.74, 6) is 0. The Balaban J connectivity index is 1.76. The molecule has 0 aromatic heterocycles. The Kier molecular flexibility index (Phi) is 6.62. The minimum Gasteiger partial charge on any atom is -0.352 e. The van der Waals surface area contributed by atoms with Gasteiger partial charge in [-0.2, -0.15) is 0 Å². The van der Waals surface area contributed by atoms with Gasteiger partial charge in [0.15, 0.2) is 0 Å². The van der Waals surface area contributed by atoms with Crippen molar-refractivity contribution < 1.29 is 0 Å². The Labute approximate surface area is 235 Å². The lowest BCUT2D eigenvalue weighted by atomic mass is 9.55. The van der Waals surface area contributed by atoms with E-state index in [1.54, 1.807) is 11.1 Å². The number of unbranched alkanes of at least 4 members (excludes halogenated alkanes) is 2. The topological polar surface area (TPSA) is 6.48 Å². The molecule has 0 bridgehead atoms. The zero-order valence-electron chi connectivity index (χ0n) is 24.9. The van der Waals surface area contributed by atoms with Gasteiger partial charge in [0.2, 0.25) is 0 Å². The fourth-order valence-corrected chi connectivity index (χ4v) is 8.68. The van der Waals surface area contributed by atoms with Crippen molar-refractivity contribution in [3.8, 4) is 0 Å². The summed E-state index contributed by atoms with van der Waals surface area (Å²) in [5.41, 5.74) is 9.61. The van der Waals surface area contributed by atoms with Crippen molar-refractivity contribution >= 4 is 33.0 Å². The van der Waals surface area contributed by atoms with Gasteiger partial charge in [-0.05, 0) is 83.9 Å². The van der Waals surface area contributed by atoms with Crippen LogP contribution < -0.4 is 9.80 Å². The number of nitrogens with zero attached hydrogens (tertiary/aromatic N) is 2. The monoisotopic (exact) mass is 564 g/mol. The van der Waals surface area contributed by atoms with Gasteiger partial charge >= 0.3 is 0 Å². The number of rotatable bonds is 6. The first-order chi connectivity index (χ1) is 17.4. The van der Waals surface area contributed by atoms with Gasteiger partial charge in [-0.1, -0.05) is 96.6 Å². The van der Waals surface area contributed by atoms with Crippen LogP contribution in [0, 0.1) is 5.41 Å². The third-order valence-electron chi connectivity index (χ3n) is 11.5. The molecule has 3 aliphatic rings. The molecule has 2 aromatic carbocycles. The molecule has 0 N–H and O–H groups in total. The zero-order valence-corrected chi connectivity index (χ0v) is 26.5. The second kappa shape index (κ2) is 9.04. The van der Waals surface area contributed by atoms with Crippen molar-refractivity contribution in [2.75, 3.05) is 16.8 Å². The van der Waals surface area contributed by atoms with Crippen LogP contribution in [-0.4, -0.2) is 13.2 Å². The van der Waals surface area contributed by atoms with E-state index >= 15 is 0 Å². The van der Waals surface area contributed by atoms with Gasteiger partial charge in [-0.3, -0.25) is 0 Å². The van der Waals surface area contributed by atoms with Crippen LogP contribution in [0.15, 0.2) is 34.8 Å². The van der Waals surface area contributed by atoms with Crippen LogP contribution in [0.4, 0.5) is 17.1 Å². The maximum Gasteiger partial charge on any atom is 0.112 e. The Bertz CT molecular complexity index is 1200. The van der Waals surface area contributed by atoms with E-state index in [-0.39, 0.29) is 21.7 Å². The lowest BCUT2D eigenvalue weighted by Crippen LogP contribution is -2.62. The molecule has 2 aromatic rings. The second-order valence-electron chi connectivity index (χ2n) is 13.8. The lowest BCUT2D eigenvalue weighted by molar-refractivity contribution is 0.0944. The first kappa shape index (κ1) is 27.1. The summed E-state index contributed by atoms with van der Waals surface area (Å²) in [6.45, 7) is 19.7. The first-order valence-electron chi connectivity index (χ1n) is 14.9. The van der Waals surface area contributed by atoms with Crippen molar-refractivity contribution in [2.24, 2.45) is 5.41 Å². The highest BCUT2D eigenvalue weighted by Crippen LogP contribution is 2.64. The average molecular weight is 566 g/mol. The van der Waals surface area contributed by atoms with Crippen LogP contribution in [0.5, 0.6) is 0 Å². The van der Waals surface area contributed by atoms with Gasteiger partial charge in [0.25, 0.3) is 0 Å². The first-order valence-corrected chi connectivity index (χ1v) is 15.7. The van der Waals surface area contributed by atoms with Gasteiger partial charge < -0.3 is 9.80 Å². The number of hydrogen-bond donors (Lipinski definition) is 0. The normalized spacial score (nSPS) is 31.6. The Morgan fingerprint density at radius 1 is 0.811 bits per heavy atom. The summed E-state index contributed by atoms with van der Waals surface area (Å²) in [7, 11) is 2.37. The fraction of sp³-hybridized carbons (Fsp3) is 0.647. The molecule has 37 heavy (non-hydrogen) atoms. The maximum atomic E-state index is 3.83. The summed E-state index contributed by atoms with van der Waals surface area (Å²) in [6.07, 6.45) is 10.4. The molecule has 0 amide bonds. The summed E-state index contributed by atoms with van der Waals surface area (Å²) in [5, 5.41) is 0. The molecule has 1 aliphatic carbocycles. The number of benzene rings is 2. The van der Waals surface area contributed by atoms with Crippen molar-refractivity contribution in [2.45, 2.75) is 129 Å². The molecule has 2 aliphatic heterocycles. The fourth-order valence-electron chi connectivity index (χ4n) is 8.33. The Morgan fingerprint density at radius 3 is 2.16 bits per heavy atom. The predicted octanol–water partition coefficient (Wildman–Crippen LogP) is 10.4. The summed E-state index contributed by atoms with van der Waals surface area (Å²) >= 11 is 3.83. The number of anilines is 3. The highest BCUT2D eigenvalue weighted by Gasteiger charge is 2.59. The molecule has 4 unspecified atom stereocenters. The molecule has 0 saturated carbocycles. The van der Waals surface area contributed by atoms with Crippen molar-refractivity contribution in [3.05, 3.63) is 51.5 Å². The van der Waals surface area contributed by atoms with E-state index in [4.69, 9.17) is 0 Å². The Morgan fingerprint density at radius 2 is 1.51 bits per heavy atom. The molecule has 3 heteroatoms. The summed E-state index contributed by atoms with van der Waals surface area (Å²) < 4.78 is 1.17. The molecule has 2 nitrogen and oxygen atoms in total. The second-order valence-corrected chi connectivity index (χ2v) is 14.7. The summed E-state index contributed by atoms with van der Waals surface area (Å²) in [4.78, 5) is 5.36. The number of halogens is 1. The van der Waals surface area contributed by atoms with E-state index in [0.717, 1.165) is 12.8 Å². The van der Waals surface area contributed by atoms with Crippen LogP contribution in [0.25, 0.3) is 0 Å². The molecule has 5 rings (SSSR count). The third-order valence-corrected chi connectivity index (χ3v) is 12.0. The number of hydrogen-bond acceptors (Lipinski definition) is 2. The van der Waals surface area contributed by atoms with E-state index in [1.807, 2.05) is 0 Å². The standard InChI is InChI=1S/C34H49BrN2/c1-10-13-14-17-32(6)19-18-31(4,5)25-21-29-28(22-26(25)32)36(9)30-34(8,12-3)33(7,11-2)24-16-15-23(35)20-27(24)37(29)30/h15-16,20-22,30H,10-14,17-19H2,1-9H3. The highest BCUT2D eigenvalue weighted by atomic mass is 79.9. The largest absolute Gasteiger partial charge is 0.352 e. The molecule has 2 heterocycles. The smallest absolute Gasteiger partial charge is 0.112 e. The van der Waals surface area contributed by atoms with Gasteiger partial charge in [-0.15, -0.1) is 0 Å². The van der Waals surface area contributed by atoms with E-state index in [1.165, 1.54) is 65.6 Å². The molecule has 0 spiro atoms. The Hall–Kier alpha value is -1.48. The minimum atomic E-state index is 0.100. The van der Waals surface area contributed by atoms with Crippen LogP contribution in [0.2, 0.25) is 0 Å². The number of fused-ring (bicyclic) bond motifs is 6. The highest BCUT2D eigenvalue weighted by molar-refractivity contribution is 9.10. The zero-order chi connectivity index (χ0) is 27.0. The predicted molar refractivity (Wildman–Crippen MR) is 165 cm³/mol. The molecule has 0 saturated heterocycles. The van der Waals surface area contributed by atoms with Gasteiger partial charge in [-0.25, -0.2) is 0 Å². The van der Waals surface area contributed by atoms with Gasteiger partial charge in [0.05, 0.1) is 11.4 Å². The van der Waals surface area contributed by atoms with E-state index in [0.29, 0.717) is 6.17 Å². The molecule has 0 fully saturated rings. The van der Waals surface area contributed by atoms with Crippen molar-refractivity contribution in [1.82, 2.24) is 0 Å². The van der Waals surface area contributed by atoms with Crippen LogP contribution in [0.1, 0.15) is 123 Å². The molecule has 202 valence electrons. The van der Waals surface area contributed by atoms with Gasteiger partial charge in [0, 0.05) is 28.0 Å². The third kappa shape index (κ3) is 3.69. The van der Waals surface area contributed by atoms with Gasteiger partial charge in [0.1, 0.15) is 6.17 Å². The molecular formula is C34H49BrN2. The van der Waals surface area contributed by atoms with Crippen molar-refractivity contribution in [1.29, 1.82) is 0 Å². The quantitative estimate of drug-likeness (QED) is 0.322.